The summed E-state index contributed by atoms with van der Waals surface area (Å²) in [4.78, 5) is 23.4. The molecule has 2 aromatic carbocycles. The van der Waals surface area contributed by atoms with Crippen LogP contribution in [-0.4, -0.2) is 24.1 Å². The Morgan fingerprint density at radius 2 is 2.00 bits per heavy atom. The highest BCUT2D eigenvalue weighted by atomic mass is 79.9. The third kappa shape index (κ3) is 5.77. The van der Waals surface area contributed by atoms with Gasteiger partial charge < -0.3 is 24.3 Å². The van der Waals surface area contributed by atoms with E-state index in [1.54, 1.807) is 36.4 Å². The van der Waals surface area contributed by atoms with Crippen LogP contribution >= 0.6 is 15.9 Å². The number of nitrogens with zero attached hydrogens (tertiary/aromatic N) is 1. The van der Waals surface area contributed by atoms with E-state index in [0.717, 1.165) is 4.47 Å². The summed E-state index contributed by atoms with van der Waals surface area (Å²) >= 11 is 3.33. The lowest BCUT2D eigenvalue weighted by atomic mass is 10.1. The molecule has 162 valence electrons. The summed E-state index contributed by atoms with van der Waals surface area (Å²) in [5.41, 5.74) is 1.02. The van der Waals surface area contributed by atoms with Crippen molar-refractivity contribution >= 4 is 39.6 Å². The van der Waals surface area contributed by atoms with Crippen LogP contribution in [0, 0.1) is 11.3 Å². The van der Waals surface area contributed by atoms with Crippen LogP contribution in [0.1, 0.15) is 21.9 Å². The molecule has 0 aliphatic carbocycles. The number of rotatable bonds is 8. The molecular formula is C23H17BrN2O6. The van der Waals surface area contributed by atoms with Gasteiger partial charge in [0.25, 0.3) is 5.91 Å². The lowest BCUT2D eigenvalue weighted by Crippen LogP contribution is -2.13. The molecule has 3 rings (SSSR count). The van der Waals surface area contributed by atoms with E-state index in [0.29, 0.717) is 28.5 Å². The number of carboxylic acids is 1. The average molecular weight is 497 g/mol. The fourth-order valence-electron chi connectivity index (χ4n) is 2.69. The third-order valence-corrected chi connectivity index (χ3v) is 4.68. The Balaban J connectivity index is 1.74. The summed E-state index contributed by atoms with van der Waals surface area (Å²) in [5, 5.41) is 21.0. The summed E-state index contributed by atoms with van der Waals surface area (Å²) in [7, 11) is 1.45. The molecule has 32 heavy (non-hydrogen) atoms. The molecule has 9 heteroatoms. The Kier molecular flexibility index (Phi) is 7.31. The highest BCUT2D eigenvalue weighted by Gasteiger charge is 2.13. The topological polar surface area (TPSA) is 122 Å². The number of amides is 1. The van der Waals surface area contributed by atoms with Gasteiger partial charge in [0.05, 0.1) is 7.11 Å². The predicted molar refractivity (Wildman–Crippen MR) is 119 cm³/mol. The van der Waals surface area contributed by atoms with Crippen molar-refractivity contribution in [3.8, 4) is 17.6 Å². The maximum Gasteiger partial charge on any atom is 0.371 e. The maximum atomic E-state index is 12.5. The minimum Gasteiger partial charge on any atom is -0.493 e. The van der Waals surface area contributed by atoms with Crippen molar-refractivity contribution in [2.45, 2.75) is 6.61 Å². The number of aromatic carboxylic acids is 1. The van der Waals surface area contributed by atoms with Gasteiger partial charge in [-0.05, 0) is 54.1 Å². The zero-order chi connectivity index (χ0) is 23.1. The summed E-state index contributed by atoms with van der Waals surface area (Å²) < 4.78 is 16.9. The Bertz CT molecular complexity index is 1230. The van der Waals surface area contributed by atoms with E-state index in [-0.39, 0.29) is 17.9 Å². The molecular weight excluding hydrogens is 480 g/mol. The van der Waals surface area contributed by atoms with E-state index in [2.05, 4.69) is 21.2 Å². The molecule has 8 nitrogen and oxygen atoms in total. The van der Waals surface area contributed by atoms with E-state index < -0.39 is 11.9 Å². The Morgan fingerprint density at radius 3 is 2.66 bits per heavy atom. The van der Waals surface area contributed by atoms with Crippen LogP contribution in [0.3, 0.4) is 0 Å². The number of anilines is 1. The van der Waals surface area contributed by atoms with Crippen LogP contribution in [0.15, 0.2) is 69.1 Å². The van der Waals surface area contributed by atoms with Gasteiger partial charge in [-0.3, -0.25) is 4.79 Å². The molecule has 0 saturated carbocycles. The second kappa shape index (κ2) is 10.3. The quantitative estimate of drug-likeness (QED) is 0.336. The molecule has 1 heterocycles. The van der Waals surface area contributed by atoms with Gasteiger partial charge in [-0.1, -0.05) is 28.1 Å². The van der Waals surface area contributed by atoms with Crippen molar-refractivity contribution in [1.29, 1.82) is 5.26 Å². The van der Waals surface area contributed by atoms with E-state index in [1.165, 1.54) is 25.3 Å². The van der Waals surface area contributed by atoms with Gasteiger partial charge in [0.2, 0.25) is 5.76 Å². The van der Waals surface area contributed by atoms with Crippen LogP contribution in [0.2, 0.25) is 0 Å². The van der Waals surface area contributed by atoms with Crippen molar-refractivity contribution < 1.29 is 28.6 Å². The first-order valence-corrected chi connectivity index (χ1v) is 10.0. The number of hydrogen-bond acceptors (Lipinski definition) is 6. The molecule has 0 radical (unpaired) electrons. The number of halogens is 1. The molecule has 3 aromatic rings. The van der Waals surface area contributed by atoms with Crippen LogP contribution < -0.4 is 14.8 Å². The molecule has 0 atom stereocenters. The highest BCUT2D eigenvalue weighted by Crippen LogP contribution is 2.30. The van der Waals surface area contributed by atoms with E-state index in [1.807, 2.05) is 12.1 Å². The van der Waals surface area contributed by atoms with Crippen LogP contribution in [0.25, 0.3) is 6.08 Å². The normalized spacial score (nSPS) is 10.8. The van der Waals surface area contributed by atoms with Gasteiger partial charge in [0.1, 0.15) is 24.0 Å². The van der Waals surface area contributed by atoms with Crippen LogP contribution in [0.5, 0.6) is 11.5 Å². The molecule has 0 aliphatic rings. The van der Waals surface area contributed by atoms with Crippen molar-refractivity contribution in [2.24, 2.45) is 0 Å². The van der Waals surface area contributed by atoms with Crippen LogP contribution in [0.4, 0.5) is 5.69 Å². The van der Waals surface area contributed by atoms with Gasteiger partial charge in [-0.15, -0.1) is 0 Å². The van der Waals surface area contributed by atoms with Gasteiger partial charge >= 0.3 is 5.97 Å². The number of methoxy groups -OCH3 is 1. The summed E-state index contributed by atoms with van der Waals surface area (Å²) in [6.07, 6.45) is 1.44. The number of carbonyl (C=O) groups excluding carboxylic acids is 1. The molecule has 0 bridgehead atoms. The van der Waals surface area contributed by atoms with Gasteiger partial charge in [-0.2, -0.15) is 5.26 Å². The number of benzene rings is 2. The first-order chi connectivity index (χ1) is 15.4. The Labute approximate surface area is 191 Å². The molecule has 0 unspecified atom stereocenters. The Hall–Kier alpha value is -4.03. The van der Waals surface area contributed by atoms with E-state index >= 15 is 0 Å². The average Bonchev–Trinajstić information content (AvgIpc) is 3.25. The fourth-order valence-corrected chi connectivity index (χ4v) is 3.09. The number of hydrogen-bond donors (Lipinski definition) is 2. The number of carbonyl (C=O) groups is 2. The number of nitrogens with one attached hydrogen (secondary N) is 1. The lowest BCUT2D eigenvalue weighted by molar-refractivity contribution is -0.112. The third-order valence-electron chi connectivity index (χ3n) is 4.19. The zero-order valence-corrected chi connectivity index (χ0v) is 18.4. The largest absolute Gasteiger partial charge is 0.493 e. The standard InChI is InChI=1S/C23H17BrN2O6/c1-30-21-10-14(5-7-19(21)31-13-18-6-8-20(32-18)23(28)29)9-15(12-25)22(27)26-17-4-2-3-16(24)11-17/h2-11H,13H2,1H3,(H,26,27)(H,28,29)/b15-9-. The second-order valence-electron chi connectivity index (χ2n) is 6.40. The van der Waals surface area contributed by atoms with Gasteiger partial charge in [-0.25, -0.2) is 4.79 Å². The van der Waals surface area contributed by atoms with Crippen molar-refractivity contribution in [1.82, 2.24) is 0 Å². The van der Waals surface area contributed by atoms with Gasteiger partial charge in [0, 0.05) is 10.2 Å². The van der Waals surface area contributed by atoms with E-state index in [9.17, 15) is 14.9 Å². The van der Waals surface area contributed by atoms with Crippen molar-refractivity contribution in [3.05, 3.63) is 81.7 Å². The molecule has 2 N–H and O–H groups in total. The highest BCUT2D eigenvalue weighted by molar-refractivity contribution is 9.10. The molecule has 0 saturated heterocycles. The summed E-state index contributed by atoms with van der Waals surface area (Å²) in [6, 6.07) is 16.7. The summed E-state index contributed by atoms with van der Waals surface area (Å²) in [5.74, 6) is -0.798. The Morgan fingerprint density at radius 1 is 1.19 bits per heavy atom. The number of furan rings is 1. The second-order valence-corrected chi connectivity index (χ2v) is 7.32. The number of ether oxygens (including phenoxy) is 2. The molecule has 1 amide bonds. The summed E-state index contributed by atoms with van der Waals surface area (Å²) in [6.45, 7) is -0.00267. The molecule has 0 aliphatic heterocycles. The first kappa shape index (κ1) is 22.7. The number of nitriles is 1. The van der Waals surface area contributed by atoms with Crippen molar-refractivity contribution in [3.63, 3.8) is 0 Å². The lowest BCUT2D eigenvalue weighted by Gasteiger charge is -2.11. The van der Waals surface area contributed by atoms with Crippen molar-refractivity contribution in [2.75, 3.05) is 12.4 Å². The minimum absolute atomic E-state index is 0.00267. The first-order valence-electron chi connectivity index (χ1n) is 9.21. The zero-order valence-electron chi connectivity index (χ0n) is 16.8. The molecule has 1 aromatic heterocycles. The fraction of sp³-hybridized carbons (Fsp3) is 0.0870. The SMILES string of the molecule is COc1cc(/C=C(/C#N)C(=O)Nc2cccc(Br)c2)ccc1OCc1ccc(C(=O)O)o1. The van der Waals surface area contributed by atoms with E-state index in [4.69, 9.17) is 19.0 Å². The molecule has 0 fully saturated rings. The number of carboxylic acid groups (broad SMARTS) is 1. The van der Waals surface area contributed by atoms with Crippen LogP contribution in [-0.2, 0) is 11.4 Å². The smallest absolute Gasteiger partial charge is 0.371 e. The van der Waals surface area contributed by atoms with Gasteiger partial charge in [0.15, 0.2) is 11.5 Å². The minimum atomic E-state index is -1.16. The predicted octanol–water partition coefficient (Wildman–Crippen LogP) is 4.87. The maximum absolute atomic E-state index is 12.5. The molecule has 0 spiro atoms. The monoisotopic (exact) mass is 496 g/mol.